The Morgan fingerprint density at radius 2 is 1.64 bits per heavy atom. The van der Waals surface area contributed by atoms with Crippen LogP contribution in [0.5, 0.6) is 0 Å². The van der Waals surface area contributed by atoms with E-state index in [-0.39, 0.29) is 5.84 Å². The maximum absolute atomic E-state index is 7.50. The van der Waals surface area contributed by atoms with Crippen LogP contribution in [-0.2, 0) is 6.54 Å². The summed E-state index contributed by atoms with van der Waals surface area (Å²) in [6.07, 6.45) is 0. The molecule has 0 fully saturated rings. The lowest BCUT2D eigenvalue weighted by Crippen LogP contribution is -2.01. The minimum Gasteiger partial charge on any atom is -0.381 e. The average molecular weight is 288 g/mol. The standard InChI is InChI=1S/C18H16N4/c19-18(22-20)14-8-10-16(11-9-14)21-12-15-6-3-5-13-4-1-2-7-17(13)15/h1-11,19-21H,12H2. The molecule has 0 aromatic heterocycles. The minimum absolute atomic E-state index is 0.0272. The van der Waals surface area contributed by atoms with Gasteiger partial charge in [-0.25, -0.2) is 5.53 Å². The van der Waals surface area contributed by atoms with E-state index >= 15 is 0 Å². The van der Waals surface area contributed by atoms with Crippen molar-refractivity contribution in [3.05, 3.63) is 77.9 Å². The third-order valence-corrected chi connectivity index (χ3v) is 3.63. The summed E-state index contributed by atoms with van der Waals surface area (Å²) >= 11 is 0. The minimum atomic E-state index is -0.0272. The van der Waals surface area contributed by atoms with E-state index in [1.165, 1.54) is 16.3 Å². The van der Waals surface area contributed by atoms with E-state index in [4.69, 9.17) is 10.9 Å². The smallest absolute Gasteiger partial charge is 0.173 e. The lowest BCUT2D eigenvalue weighted by atomic mass is 10.0. The summed E-state index contributed by atoms with van der Waals surface area (Å²) in [4.78, 5) is 0. The molecule has 0 aliphatic heterocycles. The molecule has 3 N–H and O–H groups in total. The molecule has 3 aromatic carbocycles. The van der Waals surface area contributed by atoms with Gasteiger partial charge in [-0.3, -0.25) is 5.41 Å². The SMILES string of the molecule is N=NC(=N)c1ccc(NCc2cccc3ccccc23)cc1. The van der Waals surface area contributed by atoms with Gasteiger partial charge in [-0.05, 0) is 40.6 Å². The van der Waals surface area contributed by atoms with Crippen molar-refractivity contribution in [2.45, 2.75) is 6.54 Å². The molecule has 0 aliphatic rings. The molecule has 3 aromatic rings. The van der Waals surface area contributed by atoms with Gasteiger partial charge in [-0.15, -0.1) is 5.11 Å². The second-order valence-corrected chi connectivity index (χ2v) is 5.03. The van der Waals surface area contributed by atoms with Crippen LogP contribution in [0.4, 0.5) is 5.69 Å². The van der Waals surface area contributed by atoms with E-state index in [1.54, 1.807) is 12.1 Å². The molecule has 22 heavy (non-hydrogen) atoms. The zero-order valence-corrected chi connectivity index (χ0v) is 12.0. The van der Waals surface area contributed by atoms with Crippen molar-refractivity contribution in [2.24, 2.45) is 5.11 Å². The molecule has 0 saturated heterocycles. The second-order valence-electron chi connectivity index (χ2n) is 5.03. The number of fused-ring (bicyclic) bond motifs is 1. The van der Waals surface area contributed by atoms with Gasteiger partial charge in [-0.1, -0.05) is 42.5 Å². The van der Waals surface area contributed by atoms with Crippen molar-refractivity contribution in [1.82, 2.24) is 0 Å². The summed E-state index contributed by atoms with van der Waals surface area (Å²) in [6.45, 7) is 0.737. The van der Waals surface area contributed by atoms with Crippen molar-refractivity contribution < 1.29 is 0 Å². The molecule has 0 aliphatic carbocycles. The van der Waals surface area contributed by atoms with E-state index in [9.17, 15) is 0 Å². The monoisotopic (exact) mass is 288 g/mol. The van der Waals surface area contributed by atoms with Gasteiger partial charge in [0.1, 0.15) is 0 Å². The number of nitrogens with zero attached hydrogens (tertiary/aromatic N) is 1. The van der Waals surface area contributed by atoms with Gasteiger partial charge in [0.05, 0.1) is 0 Å². The average Bonchev–Trinajstić information content (AvgIpc) is 2.59. The van der Waals surface area contributed by atoms with Crippen LogP contribution in [-0.4, -0.2) is 5.84 Å². The largest absolute Gasteiger partial charge is 0.381 e. The number of hydrogen-bond donors (Lipinski definition) is 3. The molecule has 4 heteroatoms. The fourth-order valence-corrected chi connectivity index (χ4v) is 2.45. The van der Waals surface area contributed by atoms with Crippen LogP contribution < -0.4 is 5.32 Å². The first kappa shape index (κ1) is 13.9. The molecule has 0 amide bonds. The lowest BCUT2D eigenvalue weighted by molar-refractivity contribution is 1.16. The van der Waals surface area contributed by atoms with Crippen LogP contribution in [0.25, 0.3) is 10.8 Å². The van der Waals surface area contributed by atoms with Crippen molar-refractivity contribution in [2.75, 3.05) is 5.32 Å². The number of amidine groups is 1. The van der Waals surface area contributed by atoms with E-state index in [0.717, 1.165) is 12.2 Å². The molecule has 0 heterocycles. The first-order valence-electron chi connectivity index (χ1n) is 7.05. The summed E-state index contributed by atoms with van der Waals surface area (Å²) in [6, 6.07) is 22.1. The highest BCUT2D eigenvalue weighted by Gasteiger charge is 2.02. The molecule has 0 unspecified atom stereocenters. The van der Waals surface area contributed by atoms with Crippen molar-refractivity contribution in [1.29, 1.82) is 10.9 Å². The van der Waals surface area contributed by atoms with Gasteiger partial charge in [0.2, 0.25) is 0 Å². The Kier molecular flexibility index (Phi) is 3.92. The molecule has 0 atom stereocenters. The third-order valence-electron chi connectivity index (χ3n) is 3.63. The van der Waals surface area contributed by atoms with Gasteiger partial charge in [0.15, 0.2) is 5.84 Å². The number of nitrogens with one attached hydrogen (secondary N) is 3. The van der Waals surface area contributed by atoms with Crippen LogP contribution in [0.3, 0.4) is 0 Å². The second kappa shape index (κ2) is 6.18. The number of anilines is 1. The maximum atomic E-state index is 7.50. The van der Waals surface area contributed by atoms with Crippen LogP contribution in [0, 0.1) is 10.9 Å². The van der Waals surface area contributed by atoms with E-state index in [1.807, 2.05) is 18.2 Å². The summed E-state index contributed by atoms with van der Waals surface area (Å²) in [5.41, 5.74) is 9.73. The highest BCUT2D eigenvalue weighted by molar-refractivity contribution is 5.96. The Labute approximate surface area is 128 Å². The van der Waals surface area contributed by atoms with Crippen molar-refractivity contribution in [3.8, 4) is 0 Å². The Balaban J connectivity index is 1.77. The van der Waals surface area contributed by atoms with Crippen molar-refractivity contribution >= 4 is 22.3 Å². The van der Waals surface area contributed by atoms with Crippen LogP contribution in [0.15, 0.2) is 71.8 Å². The van der Waals surface area contributed by atoms with Gasteiger partial charge < -0.3 is 5.32 Å². The van der Waals surface area contributed by atoms with Crippen LogP contribution in [0.1, 0.15) is 11.1 Å². The Hall–Kier alpha value is -3.01. The van der Waals surface area contributed by atoms with Gasteiger partial charge in [-0.2, -0.15) is 0 Å². The molecule has 3 rings (SSSR count). The van der Waals surface area contributed by atoms with Crippen molar-refractivity contribution in [3.63, 3.8) is 0 Å². The lowest BCUT2D eigenvalue weighted by Gasteiger charge is -2.10. The maximum Gasteiger partial charge on any atom is 0.173 e. The van der Waals surface area contributed by atoms with E-state index in [2.05, 4.69) is 46.8 Å². The quantitative estimate of drug-likeness (QED) is 0.360. The fraction of sp³-hybridized carbons (Fsp3) is 0.0556. The molecular formula is C18H16N4. The number of hydrogen-bond acceptors (Lipinski definition) is 3. The normalized spacial score (nSPS) is 10.4. The fourth-order valence-electron chi connectivity index (χ4n) is 2.45. The van der Waals surface area contributed by atoms with Crippen LogP contribution in [0.2, 0.25) is 0 Å². The van der Waals surface area contributed by atoms with E-state index < -0.39 is 0 Å². The summed E-state index contributed by atoms with van der Waals surface area (Å²) in [7, 11) is 0. The summed E-state index contributed by atoms with van der Waals surface area (Å²) < 4.78 is 0. The molecule has 0 bridgehead atoms. The predicted octanol–water partition coefficient (Wildman–Crippen LogP) is 4.81. The Morgan fingerprint density at radius 3 is 2.41 bits per heavy atom. The first-order chi connectivity index (χ1) is 10.8. The third kappa shape index (κ3) is 2.86. The summed E-state index contributed by atoms with van der Waals surface area (Å²) in [5, 5.41) is 16.5. The highest BCUT2D eigenvalue weighted by Crippen LogP contribution is 2.20. The van der Waals surface area contributed by atoms with Gasteiger partial charge >= 0.3 is 0 Å². The first-order valence-corrected chi connectivity index (χ1v) is 7.05. The van der Waals surface area contributed by atoms with E-state index in [0.29, 0.717) is 5.56 Å². The van der Waals surface area contributed by atoms with Gasteiger partial charge in [0, 0.05) is 17.8 Å². The Bertz CT molecular complexity index is 817. The number of benzene rings is 3. The molecule has 4 nitrogen and oxygen atoms in total. The van der Waals surface area contributed by atoms with Crippen LogP contribution >= 0.6 is 0 Å². The predicted molar refractivity (Wildman–Crippen MR) is 89.7 cm³/mol. The molecular weight excluding hydrogens is 272 g/mol. The zero-order chi connectivity index (χ0) is 15.4. The molecule has 108 valence electrons. The molecule has 0 spiro atoms. The topological polar surface area (TPSA) is 72.1 Å². The molecule has 0 saturated carbocycles. The zero-order valence-electron chi connectivity index (χ0n) is 12.0. The molecule has 0 radical (unpaired) electrons. The number of rotatable bonds is 4. The Morgan fingerprint density at radius 1 is 0.909 bits per heavy atom. The van der Waals surface area contributed by atoms with Gasteiger partial charge in [0.25, 0.3) is 0 Å². The summed E-state index contributed by atoms with van der Waals surface area (Å²) in [5.74, 6) is -0.0272. The highest BCUT2D eigenvalue weighted by atomic mass is 15.0.